The van der Waals surface area contributed by atoms with E-state index >= 15 is 0 Å². The number of benzene rings is 1. The molecule has 1 aromatic carbocycles. The summed E-state index contributed by atoms with van der Waals surface area (Å²) < 4.78 is 5.84. The standard InChI is InChI=1S/C18H24N4OS/c1-4-5-10-19-17-16(11-20-18(24)22-17)23-12-14(3)21-15-9-7-6-8-13(15)2/h6-9,11H,4-5,10,12H2,1-3H3,(H2,19,20,22,24)/b21-14+. The summed E-state index contributed by atoms with van der Waals surface area (Å²) in [4.78, 5) is 13.0. The van der Waals surface area contributed by atoms with Crippen molar-refractivity contribution in [2.75, 3.05) is 18.5 Å². The van der Waals surface area contributed by atoms with Crippen LogP contribution in [0.5, 0.6) is 5.75 Å². The molecule has 2 rings (SSSR count). The van der Waals surface area contributed by atoms with E-state index in [0.29, 0.717) is 23.3 Å². The second-order valence-corrected chi connectivity index (χ2v) is 5.99. The minimum atomic E-state index is 0.381. The molecule has 1 aromatic heterocycles. The molecule has 0 amide bonds. The number of nitrogens with one attached hydrogen (secondary N) is 1. The number of aryl methyl sites for hydroxylation is 1. The third-order valence-corrected chi connectivity index (χ3v) is 3.64. The number of thiol groups is 1. The van der Waals surface area contributed by atoms with E-state index in [2.05, 4.69) is 39.8 Å². The first-order valence-corrected chi connectivity index (χ1v) is 8.57. The number of para-hydroxylation sites is 1. The van der Waals surface area contributed by atoms with E-state index in [4.69, 9.17) is 4.74 Å². The molecule has 2 aromatic rings. The van der Waals surface area contributed by atoms with E-state index in [0.717, 1.165) is 36.3 Å². The van der Waals surface area contributed by atoms with Crippen molar-refractivity contribution >= 4 is 29.8 Å². The van der Waals surface area contributed by atoms with Crippen LogP contribution in [-0.4, -0.2) is 28.8 Å². The number of aliphatic imine (C=N–C) groups is 1. The molecule has 0 spiro atoms. The third-order valence-electron chi connectivity index (χ3n) is 3.43. The monoisotopic (exact) mass is 344 g/mol. The average Bonchev–Trinajstić information content (AvgIpc) is 2.56. The van der Waals surface area contributed by atoms with Crippen molar-refractivity contribution in [2.24, 2.45) is 4.99 Å². The summed E-state index contributed by atoms with van der Waals surface area (Å²) >= 11 is 4.19. The number of hydrogen-bond donors (Lipinski definition) is 2. The van der Waals surface area contributed by atoms with Gasteiger partial charge in [-0.3, -0.25) is 4.99 Å². The molecule has 128 valence electrons. The topological polar surface area (TPSA) is 59.4 Å². The van der Waals surface area contributed by atoms with Crippen LogP contribution >= 0.6 is 12.6 Å². The minimum absolute atomic E-state index is 0.381. The Morgan fingerprint density at radius 3 is 2.88 bits per heavy atom. The van der Waals surface area contributed by atoms with Crippen LogP contribution in [0.1, 0.15) is 32.3 Å². The predicted molar refractivity (Wildman–Crippen MR) is 102 cm³/mol. The molecule has 0 aliphatic rings. The van der Waals surface area contributed by atoms with Gasteiger partial charge in [0, 0.05) is 6.54 Å². The van der Waals surface area contributed by atoms with E-state index in [1.807, 2.05) is 38.1 Å². The van der Waals surface area contributed by atoms with E-state index in [9.17, 15) is 0 Å². The molecule has 0 aliphatic carbocycles. The lowest BCUT2D eigenvalue weighted by atomic mass is 10.2. The summed E-state index contributed by atoms with van der Waals surface area (Å²) in [5, 5.41) is 3.70. The molecule has 0 radical (unpaired) electrons. The molecule has 0 unspecified atom stereocenters. The molecule has 0 saturated heterocycles. The molecule has 0 aliphatic heterocycles. The second-order valence-electron chi connectivity index (χ2n) is 5.59. The van der Waals surface area contributed by atoms with Crippen LogP contribution in [0.2, 0.25) is 0 Å². The number of aromatic nitrogens is 2. The summed E-state index contributed by atoms with van der Waals surface area (Å²) in [7, 11) is 0. The van der Waals surface area contributed by atoms with Crippen molar-refractivity contribution in [3.05, 3.63) is 36.0 Å². The first-order valence-electron chi connectivity index (χ1n) is 8.12. The van der Waals surface area contributed by atoms with E-state index < -0.39 is 0 Å². The van der Waals surface area contributed by atoms with Crippen LogP contribution in [0.3, 0.4) is 0 Å². The summed E-state index contributed by atoms with van der Waals surface area (Å²) in [5.74, 6) is 1.29. The Morgan fingerprint density at radius 1 is 1.33 bits per heavy atom. The van der Waals surface area contributed by atoms with Gasteiger partial charge in [-0.2, -0.15) is 0 Å². The van der Waals surface area contributed by atoms with Gasteiger partial charge in [-0.25, -0.2) is 9.97 Å². The van der Waals surface area contributed by atoms with Gasteiger partial charge in [0.05, 0.1) is 17.6 Å². The van der Waals surface area contributed by atoms with Crippen LogP contribution in [0, 0.1) is 6.92 Å². The van der Waals surface area contributed by atoms with E-state index in [-0.39, 0.29) is 0 Å². The van der Waals surface area contributed by atoms with Crippen molar-refractivity contribution in [1.82, 2.24) is 9.97 Å². The van der Waals surface area contributed by atoms with Crippen molar-refractivity contribution in [1.29, 1.82) is 0 Å². The van der Waals surface area contributed by atoms with Crippen LogP contribution < -0.4 is 10.1 Å². The fraction of sp³-hybridized carbons (Fsp3) is 0.389. The normalized spacial score (nSPS) is 11.4. The summed E-state index contributed by atoms with van der Waals surface area (Å²) in [6, 6.07) is 8.02. The lowest BCUT2D eigenvalue weighted by Crippen LogP contribution is -2.11. The first-order chi connectivity index (χ1) is 11.6. The van der Waals surface area contributed by atoms with Crippen molar-refractivity contribution < 1.29 is 4.74 Å². The maximum absolute atomic E-state index is 5.84. The molecule has 0 fully saturated rings. The highest BCUT2D eigenvalue weighted by molar-refractivity contribution is 7.80. The zero-order valence-electron chi connectivity index (χ0n) is 14.4. The summed E-state index contributed by atoms with van der Waals surface area (Å²) in [5.41, 5.74) is 2.99. The maximum Gasteiger partial charge on any atom is 0.186 e. The Bertz CT molecular complexity index is 703. The molecule has 24 heavy (non-hydrogen) atoms. The van der Waals surface area contributed by atoms with Gasteiger partial charge in [0.15, 0.2) is 16.7 Å². The van der Waals surface area contributed by atoms with Crippen molar-refractivity contribution in [3.63, 3.8) is 0 Å². The first kappa shape index (κ1) is 18.3. The lowest BCUT2D eigenvalue weighted by Gasteiger charge is -2.12. The van der Waals surface area contributed by atoms with Crippen LogP contribution in [0.15, 0.2) is 40.6 Å². The zero-order chi connectivity index (χ0) is 17.4. The molecule has 0 atom stereocenters. The van der Waals surface area contributed by atoms with Gasteiger partial charge in [0.1, 0.15) is 6.61 Å². The fourth-order valence-electron chi connectivity index (χ4n) is 2.09. The molecule has 1 N–H and O–H groups in total. The Kier molecular flexibility index (Phi) is 7.06. The molecule has 5 nitrogen and oxygen atoms in total. The maximum atomic E-state index is 5.84. The van der Waals surface area contributed by atoms with E-state index in [1.54, 1.807) is 6.20 Å². The molecule has 6 heteroatoms. The van der Waals surface area contributed by atoms with Crippen LogP contribution in [-0.2, 0) is 0 Å². The van der Waals surface area contributed by atoms with Crippen LogP contribution in [0.25, 0.3) is 0 Å². The van der Waals surface area contributed by atoms with Crippen molar-refractivity contribution in [3.8, 4) is 5.75 Å². The number of anilines is 1. The smallest absolute Gasteiger partial charge is 0.186 e. The molecular formula is C18H24N4OS. The highest BCUT2D eigenvalue weighted by Gasteiger charge is 2.08. The van der Waals surface area contributed by atoms with Gasteiger partial charge in [-0.05, 0) is 31.9 Å². The lowest BCUT2D eigenvalue weighted by molar-refractivity contribution is 0.373. The van der Waals surface area contributed by atoms with Gasteiger partial charge < -0.3 is 10.1 Å². The van der Waals surface area contributed by atoms with Gasteiger partial charge in [-0.1, -0.05) is 31.5 Å². The number of unbranched alkanes of at least 4 members (excludes halogenated alkanes) is 1. The summed E-state index contributed by atoms with van der Waals surface area (Å²) in [6.07, 6.45) is 3.83. The number of ether oxygens (including phenoxy) is 1. The summed E-state index contributed by atoms with van der Waals surface area (Å²) in [6.45, 7) is 7.36. The molecular weight excluding hydrogens is 320 g/mol. The molecule has 1 heterocycles. The third kappa shape index (κ3) is 5.53. The Balaban J connectivity index is 2.04. The molecule has 0 saturated carbocycles. The Morgan fingerprint density at radius 2 is 2.12 bits per heavy atom. The second kappa shape index (κ2) is 9.27. The largest absolute Gasteiger partial charge is 0.482 e. The Labute approximate surface area is 149 Å². The quantitative estimate of drug-likeness (QED) is 0.321. The highest BCUT2D eigenvalue weighted by atomic mass is 32.1. The zero-order valence-corrected chi connectivity index (χ0v) is 15.3. The predicted octanol–water partition coefficient (Wildman–Crippen LogP) is 4.46. The number of rotatable bonds is 8. The average molecular weight is 344 g/mol. The van der Waals surface area contributed by atoms with Crippen molar-refractivity contribution in [2.45, 2.75) is 38.8 Å². The fourth-order valence-corrected chi connectivity index (χ4v) is 2.24. The van der Waals surface area contributed by atoms with Gasteiger partial charge >= 0.3 is 0 Å². The van der Waals surface area contributed by atoms with Gasteiger partial charge in [0.2, 0.25) is 0 Å². The highest BCUT2D eigenvalue weighted by Crippen LogP contribution is 2.22. The molecule has 0 bridgehead atoms. The van der Waals surface area contributed by atoms with Gasteiger partial charge in [-0.15, -0.1) is 12.6 Å². The number of nitrogens with zero attached hydrogens (tertiary/aromatic N) is 3. The van der Waals surface area contributed by atoms with E-state index in [1.165, 1.54) is 0 Å². The van der Waals surface area contributed by atoms with Gasteiger partial charge in [0.25, 0.3) is 0 Å². The van der Waals surface area contributed by atoms with Crippen LogP contribution in [0.4, 0.5) is 11.5 Å². The minimum Gasteiger partial charge on any atom is -0.482 e. The Hall–Kier alpha value is -2.08. The SMILES string of the molecule is CCCCNc1nc(S)ncc1OC/C(C)=N/c1ccccc1C. The number of hydrogen-bond acceptors (Lipinski definition) is 6.